The molecule has 0 aliphatic carbocycles. The van der Waals surface area contributed by atoms with Gasteiger partial charge in [-0.2, -0.15) is 4.31 Å². The molecule has 1 atom stereocenters. The van der Waals surface area contributed by atoms with Crippen LogP contribution in [0.5, 0.6) is 0 Å². The number of nitrogens with one attached hydrogen (secondary N) is 2. The van der Waals surface area contributed by atoms with Gasteiger partial charge in [0, 0.05) is 36.7 Å². The van der Waals surface area contributed by atoms with Crippen molar-refractivity contribution in [3.8, 4) is 0 Å². The third-order valence-corrected chi connectivity index (χ3v) is 5.51. The van der Waals surface area contributed by atoms with Crippen LogP contribution in [0.2, 0.25) is 10.0 Å². The highest BCUT2D eigenvalue weighted by Crippen LogP contribution is 2.26. The van der Waals surface area contributed by atoms with Crippen LogP contribution in [-0.4, -0.2) is 51.4 Å². The van der Waals surface area contributed by atoms with Gasteiger partial charge in [0.05, 0.1) is 4.90 Å². The number of piperazine rings is 1. The second-order valence-corrected chi connectivity index (χ2v) is 7.32. The van der Waals surface area contributed by atoms with Crippen molar-refractivity contribution in [3.63, 3.8) is 0 Å². The summed E-state index contributed by atoms with van der Waals surface area (Å²) in [5.74, 6) is -0.362. The van der Waals surface area contributed by atoms with E-state index in [-0.39, 0.29) is 33.9 Å². The Morgan fingerprint density at radius 1 is 1.33 bits per heavy atom. The summed E-state index contributed by atoms with van der Waals surface area (Å²) in [5.41, 5.74) is 0. The van der Waals surface area contributed by atoms with E-state index in [0.717, 1.165) is 0 Å². The van der Waals surface area contributed by atoms with Gasteiger partial charge >= 0.3 is 0 Å². The van der Waals surface area contributed by atoms with Crippen LogP contribution >= 0.6 is 23.2 Å². The van der Waals surface area contributed by atoms with Crippen LogP contribution < -0.4 is 10.6 Å². The fourth-order valence-electron chi connectivity index (χ4n) is 2.18. The van der Waals surface area contributed by atoms with Crippen molar-refractivity contribution in [2.45, 2.75) is 10.9 Å². The fraction of sp³-hybridized carbons (Fsp3) is 0.417. The third-order valence-electron chi connectivity index (χ3n) is 3.19. The molecule has 6 nitrogen and oxygen atoms in total. The summed E-state index contributed by atoms with van der Waals surface area (Å²) in [4.78, 5) is 11.9. The van der Waals surface area contributed by atoms with E-state index in [9.17, 15) is 13.2 Å². The molecule has 116 valence electrons. The summed E-state index contributed by atoms with van der Waals surface area (Å²) < 4.78 is 26.6. The van der Waals surface area contributed by atoms with Crippen molar-refractivity contribution in [1.29, 1.82) is 0 Å². The standard InChI is InChI=1S/C12H15Cl2N3O3S/c1-15-12(18)11-7-16-2-3-17(11)21(19,20)10-5-8(13)4-9(14)6-10/h4-6,11,16H,2-3,7H2,1H3,(H,15,18). The summed E-state index contributed by atoms with van der Waals surface area (Å²) in [6, 6.07) is 3.31. The van der Waals surface area contributed by atoms with E-state index < -0.39 is 16.1 Å². The van der Waals surface area contributed by atoms with Crippen LogP contribution in [0.4, 0.5) is 0 Å². The zero-order chi connectivity index (χ0) is 15.6. The Labute approximate surface area is 133 Å². The summed E-state index contributed by atoms with van der Waals surface area (Å²) >= 11 is 11.7. The molecular formula is C12H15Cl2N3O3S. The van der Waals surface area contributed by atoms with Crippen molar-refractivity contribution in [2.24, 2.45) is 0 Å². The minimum absolute atomic E-state index is 0.0178. The molecule has 2 rings (SSSR count). The molecule has 2 N–H and O–H groups in total. The van der Waals surface area contributed by atoms with E-state index in [4.69, 9.17) is 23.2 Å². The second-order valence-electron chi connectivity index (χ2n) is 4.56. The predicted octanol–water partition coefficient (Wildman–Crippen LogP) is 0.702. The highest BCUT2D eigenvalue weighted by Gasteiger charge is 2.37. The molecule has 0 saturated carbocycles. The molecule has 1 saturated heterocycles. The molecule has 1 amide bonds. The average Bonchev–Trinajstić information content (AvgIpc) is 2.45. The lowest BCUT2D eigenvalue weighted by Crippen LogP contribution is -2.59. The molecular weight excluding hydrogens is 337 g/mol. The first-order chi connectivity index (χ1) is 9.86. The van der Waals surface area contributed by atoms with Gasteiger partial charge in [-0.05, 0) is 18.2 Å². The quantitative estimate of drug-likeness (QED) is 0.840. The SMILES string of the molecule is CNC(=O)C1CNCCN1S(=O)(=O)c1cc(Cl)cc(Cl)c1. The first-order valence-electron chi connectivity index (χ1n) is 6.26. The van der Waals surface area contributed by atoms with Crippen molar-refractivity contribution >= 4 is 39.1 Å². The van der Waals surface area contributed by atoms with Gasteiger partial charge in [0.15, 0.2) is 0 Å². The van der Waals surface area contributed by atoms with E-state index in [0.29, 0.717) is 6.54 Å². The fourth-order valence-corrected chi connectivity index (χ4v) is 4.49. The molecule has 1 aliphatic heterocycles. The molecule has 9 heteroatoms. The number of rotatable bonds is 3. The van der Waals surface area contributed by atoms with Gasteiger partial charge < -0.3 is 10.6 Å². The monoisotopic (exact) mass is 351 g/mol. The number of carbonyl (C=O) groups excluding carboxylic acids is 1. The van der Waals surface area contributed by atoms with Gasteiger partial charge in [-0.3, -0.25) is 4.79 Å². The van der Waals surface area contributed by atoms with Gasteiger partial charge in [0.2, 0.25) is 15.9 Å². The second kappa shape index (κ2) is 6.50. The zero-order valence-electron chi connectivity index (χ0n) is 11.3. The number of nitrogens with zero attached hydrogens (tertiary/aromatic N) is 1. The van der Waals surface area contributed by atoms with Crippen LogP contribution in [0.1, 0.15) is 0 Å². The summed E-state index contributed by atoms with van der Waals surface area (Å²) in [6.07, 6.45) is 0. The highest BCUT2D eigenvalue weighted by molar-refractivity contribution is 7.89. The van der Waals surface area contributed by atoms with E-state index in [1.54, 1.807) is 0 Å². The number of likely N-dealkylation sites (N-methyl/N-ethyl adjacent to an activating group) is 1. The molecule has 1 unspecified atom stereocenters. The minimum atomic E-state index is -3.85. The van der Waals surface area contributed by atoms with Gasteiger partial charge in [0.25, 0.3) is 0 Å². The van der Waals surface area contributed by atoms with E-state index >= 15 is 0 Å². The van der Waals surface area contributed by atoms with Gasteiger partial charge in [0.1, 0.15) is 6.04 Å². The number of carbonyl (C=O) groups is 1. The predicted molar refractivity (Wildman–Crippen MR) is 81.1 cm³/mol. The average molecular weight is 352 g/mol. The maximum atomic E-state index is 12.7. The van der Waals surface area contributed by atoms with Crippen LogP contribution in [0.25, 0.3) is 0 Å². The topological polar surface area (TPSA) is 78.5 Å². The first kappa shape index (κ1) is 16.5. The largest absolute Gasteiger partial charge is 0.358 e. The Balaban J connectivity index is 2.42. The number of hydrogen-bond donors (Lipinski definition) is 2. The third kappa shape index (κ3) is 3.49. The summed E-state index contributed by atoms with van der Waals surface area (Å²) in [5, 5.41) is 5.94. The van der Waals surface area contributed by atoms with Crippen molar-refractivity contribution in [3.05, 3.63) is 28.2 Å². The number of amides is 1. The van der Waals surface area contributed by atoms with Gasteiger partial charge in [-0.1, -0.05) is 23.2 Å². The van der Waals surface area contributed by atoms with E-state index in [1.165, 1.54) is 29.6 Å². The number of halogens is 2. The van der Waals surface area contributed by atoms with Crippen LogP contribution in [0.3, 0.4) is 0 Å². The minimum Gasteiger partial charge on any atom is -0.358 e. The molecule has 0 spiro atoms. The Kier molecular flexibility index (Phi) is 5.11. The van der Waals surface area contributed by atoms with Crippen LogP contribution in [0, 0.1) is 0 Å². The molecule has 1 aromatic rings. The molecule has 21 heavy (non-hydrogen) atoms. The normalized spacial score (nSPS) is 20.2. The molecule has 1 aromatic carbocycles. The molecule has 0 radical (unpaired) electrons. The maximum Gasteiger partial charge on any atom is 0.243 e. The van der Waals surface area contributed by atoms with Gasteiger partial charge in [-0.15, -0.1) is 0 Å². The molecule has 1 heterocycles. The number of sulfonamides is 1. The Bertz CT molecular complexity index is 631. The van der Waals surface area contributed by atoms with Crippen LogP contribution in [-0.2, 0) is 14.8 Å². The Morgan fingerprint density at radius 3 is 2.52 bits per heavy atom. The summed E-state index contributed by atoms with van der Waals surface area (Å²) in [7, 11) is -2.38. The first-order valence-corrected chi connectivity index (χ1v) is 8.46. The lowest BCUT2D eigenvalue weighted by Gasteiger charge is -2.33. The molecule has 0 bridgehead atoms. The van der Waals surface area contributed by atoms with E-state index in [2.05, 4.69) is 10.6 Å². The van der Waals surface area contributed by atoms with Crippen LogP contribution in [0.15, 0.2) is 23.1 Å². The lowest BCUT2D eigenvalue weighted by atomic mass is 10.2. The number of benzene rings is 1. The maximum absolute atomic E-state index is 12.7. The Hall–Kier alpha value is -0.860. The van der Waals surface area contributed by atoms with Crippen molar-refractivity contribution in [1.82, 2.24) is 14.9 Å². The van der Waals surface area contributed by atoms with E-state index in [1.807, 2.05) is 0 Å². The molecule has 0 aromatic heterocycles. The van der Waals surface area contributed by atoms with Crippen molar-refractivity contribution in [2.75, 3.05) is 26.7 Å². The van der Waals surface area contributed by atoms with Gasteiger partial charge in [-0.25, -0.2) is 8.42 Å². The zero-order valence-corrected chi connectivity index (χ0v) is 13.6. The Morgan fingerprint density at radius 2 is 1.95 bits per heavy atom. The smallest absolute Gasteiger partial charge is 0.243 e. The highest BCUT2D eigenvalue weighted by atomic mass is 35.5. The summed E-state index contributed by atoms with van der Waals surface area (Å²) in [6.45, 7) is 0.929. The lowest BCUT2D eigenvalue weighted by molar-refractivity contribution is -0.124. The molecule has 1 fully saturated rings. The molecule has 1 aliphatic rings. The van der Waals surface area contributed by atoms with Crippen molar-refractivity contribution < 1.29 is 13.2 Å². The number of hydrogen-bond acceptors (Lipinski definition) is 4.